The van der Waals surface area contributed by atoms with E-state index < -0.39 is 0 Å². The van der Waals surface area contributed by atoms with Crippen LogP contribution in [0.25, 0.3) is 0 Å². The maximum atomic E-state index is 8.83. The molecule has 1 atom stereocenters. The maximum absolute atomic E-state index is 8.83. The van der Waals surface area contributed by atoms with Crippen molar-refractivity contribution < 1.29 is 5.11 Å². The molecular weight excluding hydrogens is 230 g/mol. The van der Waals surface area contributed by atoms with Gasteiger partial charge >= 0.3 is 0 Å². The predicted molar refractivity (Wildman–Crippen MR) is 66.4 cm³/mol. The van der Waals surface area contributed by atoms with E-state index in [1.807, 2.05) is 18.2 Å². The third-order valence-electron chi connectivity index (χ3n) is 2.11. The van der Waals surface area contributed by atoms with Crippen molar-refractivity contribution in [1.29, 1.82) is 0 Å². The van der Waals surface area contributed by atoms with Crippen LogP contribution in [0.1, 0.15) is 18.9 Å². The zero-order valence-corrected chi connectivity index (χ0v) is 10.3. The van der Waals surface area contributed by atoms with E-state index in [2.05, 4.69) is 6.92 Å². The first-order valence-electron chi connectivity index (χ1n) is 4.93. The van der Waals surface area contributed by atoms with Crippen LogP contribution in [0.3, 0.4) is 0 Å². The van der Waals surface area contributed by atoms with Gasteiger partial charge in [0.15, 0.2) is 0 Å². The largest absolute Gasteiger partial charge is 0.396 e. The first-order valence-corrected chi connectivity index (χ1v) is 6.19. The van der Waals surface area contributed by atoms with Gasteiger partial charge in [-0.25, -0.2) is 0 Å². The van der Waals surface area contributed by atoms with E-state index in [1.54, 1.807) is 11.8 Å². The van der Waals surface area contributed by atoms with E-state index >= 15 is 0 Å². The molecule has 0 aromatic heterocycles. The number of benzene rings is 1. The van der Waals surface area contributed by atoms with Crippen molar-refractivity contribution in [1.82, 2.24) is 0 Å². The van der Waals surface area contributed by atoms with E-state index in [1.165, 1.54) is 0 Å². The van der Waals surface area contributed by atoms with Gasteiger partial charge in [-0.3, -0.25) is 0 Å². The molecule has 2 nitrogen and oxygen atoms in total. The van der Waals surface area contributed by atoms with Crippen molar-refractivity contribution in [3.63, 3.8) is 0 Å². The van der Waals surface area contributed by atoms with Crippen LogP contribution in [0, 0.1) is 0 Å². The van der Waals surface area contributed by atoms with E-state index in [0.717, 1.165) is 21.9 Å². The Balaban J connectivity index is 2.75. The zero-order valence-electron chi connectivity index (χ0n) is 8.74. The second kappa shape index (κ2) is 6.38. The van der Waals surface area contributed by atoms with Gasteiger partial charge < -0.3 is 10.8 Å². The standard InChI is InChI=1S/C11H16ClNOS/c1-8(4-5-14)15-11-3-2-10(12)6-9(11)7-13/h2-3,6,8,14H,4-5,7,13H2,1H3. The molecular formula is C11H16ClNOS. The molecule has 4 heteroatoms. The first kappa shape index (κ1) is 12.8. The molecule has 0 radical (unpaired) electrons. The SMILES string of the molecule is CC(CCO)Sc1ccc(Cl)cc1CN. The fourth-order valence-electron chi connectivity index (χ4n) is 1.28. The Bertz CT molecular complexity index is 319. The van der Waals surface area contributed by atoms with Gasteiger partial charge in [0, 0.05) is 28.3 Å². The van der Waals surface area contributed by atoms with E-state index in [-0.39, 0.29) is 6.61 Å². The van der Waals surface area contributed by atoms with Crippen LogP contribution in [0.15, 0.2) is 23.1 Å². The van der Waals surface area contributed by atoms with E-state index in [4.69, 9.17) is 22.4 Å². The second-order valence-electron chi connectivity index (χ2n) is 3.40. The van der Waals surface area contributed by atoms with Crippen LogP contribution < -0.4 is 5.73 Å². The quantitative estimate of drug-likeness (QED) is 0.784. The van der Waals surface area contributed by atoms with Crippen molar-refractivity contribution in [2.75, 3.05) is 6.61 Å². The molecule has 3 N–H and O–H groups in total. The maximum Gasteiger partial charge on any atom is 0.0441 e. The summed E-state index contributed by atoms with van der Waals surface area (Å²) in [5.74, 6) is 0. The summed E-state index contributed by atoms with van der Waals surface area (Å²) >= 11 is 7.62. The van der Waals surface area contributed by atoms with Gasteiger partial charge in [-0.05, 0) is 30.2 Å². The highest BCUT2D eigenvalue weighted by molar-refractivity contribution is 8.00. The molecule has 0 aliphatic carbocycles. The van der Waals surface area contributed by atoms with Crippen LogP contribution in [0.5, 0.6) is 0 Å². The number of halogens is 1. The molecule has 1 unspecified atom stereocenters. The van der Waals surface area contributed by atoms with Gasteiger partial charge in [0.2, 0.25) is 0 Å². The van der Waals surface area contributed by atoms with Gasteiger partial charge in [0.25, 0.3) is 0 Å². The summed E-state index contributed by atoms with van der Waals surface area (Å²) in [7, 11) is 0. The molecule has 0 spiro atoms. The average Bonchev–Trinajstić information content (AvgIpc) is 2.21. The van der Waals surface area contributed by atoms with Crippen molar-refractivity contribution in [2.24, 2.45) is 5.73 Å². The summed E-state index contributed by atoms with van der Waals surface area (Å²) in [4.78, 5) is 1.16. The van der Waals surface area contributed by atoms with Crippen LogP contribution >= 0.6 is 23.4 Å². The minimum absolute atomic E-state index is 0.222. The van der Waals surface area contributed by atoms with Crippen molar-refractivity contribution in [3.8, 4) is 0 Å². The van der Waals surface area contributed by atoms with Crippen molar-refractivity contribution in [2.45, 2.75) is 30.0 Å². The Labute approximate surface area is 99.8 Å². The van der Waals surface area contributed by atoms with E-state index in [0.29, 0.717) is 11.8 Å². The summed E-state index contributed by atoms with van der Waals surface area (Å²) in [6.07, 6.45) is 0.789. The lowest BCUT2D eigenvalue weighted by molar-refractivity contribution is 0.289. The van der Waals surface area contributed by atoms with Crippen LogP contribution in [0.2, 0.25) is 5.02 Å². The molecule has 0 amide bonds. The number of aliphatic hydroxyl groups is 1. The Morgan fingerprint density at radius 3 is 2.87 bits per heavy atom. The summed E-state index contributed by atoms with van der Waals surface area (Å²) in [6, 6.07) is 5.76. The number of rotatable bonds is 5. The smallest absolute Gasteiger partial charge is 0.0441 e. The van der Waals surface area contributed by atoms with Gasteiger partial charge in [0.05, 0.1) is 0 Å². The Morgan fingerprint density at radius 1 is 1.53 bits per heavy atom. The Kier molecular flexibility index (Phi) is 5.47. The van der Waals surface area contributed by atoms with Crippen molar-refractivity contribution >= 4 is 23.4 Å². The average molecular weight is 246 g/mol. The zero-order chi connectivity index (χ0) is 11.3. The van der Waals surface area contributed by atoms with Gasteiger partial charge in [-0.1, -0.05) is 18.5 Å². The Morgan fingerprint density at radius 2 is 2.27 bits per heavy atom. The molecule has 0 aliphatic heterocycles. The highest BCUT2D eigenvalue weighted by atomic mass is 35.5. The fraction of sp³-hybridized carbons (Fsp3) is 0.455. The summed E-state index contributed by atoms with van der Waals surface area (Å²) in [5, 5.41) is 9.93. The third-order valence-corrected chi connectivity index (χ3v) is 3.63. The van der Waals surface area contributed by atoms with Gasteiger partial charge in [-0.15, -0.1) is 11.8 Å². The Hall–Kier alpha value is -0.220. The number of aliphatic hydroxyl groups excluding tert-OH is 1. The second-order valence-corrected chi connectivity index (χ2v) is 5.31. The molecule has 1 aromatic carbocycles. The number of hydrogen-bond acceptors (Lipinski definition) is 3. The number of nitrogens with two attached hydrogens (primary N) is 1. The van der Waals surface area contributed by atoms with Gasteiger partial charge in [-0.2, -0.15) is 0 Å². The topological polar surface area (TPSA) is 46.2 Å². The number of hydrogen-bond donors (Lipinski definition) is 2. The third kappa shape index (κ3) is 4.03. The summed E-state index contributed by atoms with van der Waals surface area (Å²) in [5.41, 5.74) is 6.71. The number of thioether (sulfide) groups is 1. The molecule has 0 saturated carbocycles. The predicted octanol–water partition coefficient (Wildman–Crippen LogP) is 2.66. The fourth-order valence-corrected chi connectivity index (χ4v) is 2.57. The minimum atomic E-state index is 0.222. The van der Waals surface area contributed by atoms with E-state index in [9.17, 15) is 0 Å². The van der Waals surface area contributed by atoms with Crippen LogP contribution in [-0.2, 0) is 6.54 Å². The molecule has 1 rings (SSSR count). The lowest BCUT2D eigenvalue weighted by Gasteiger charge is -2.12. The molecule has 0 saturated heterocycles. The first-order chi connectivity index (χ1) is 7.17. The molecule has 84 valence electrons. The molecule has 1 aromatic rings. The normalized spacial score (nSPS) is 12.8. The summed E-state index contributed by atoms with van der Waals surface area (Å²) in [6.45, 7) is 2.81. The van der Waals surface area contributed by atoms with Crippen molar-refractivity contribution in [3.05, 3.63) is 28.8 Å². The monoisotopic (exact) mass is 245 g/mol. The lowest BCUT2D eigenvalue weighted by Crippen LogP contribution is -2.03. The molecule has 0 heterocycles. The highest BCUT2D eigenvalue weighted by Crippen LogP contribution is 2.29. The van der Waals surface area contributed by atoms with Crippen LogP contribution in [-0.4, -0.2) is 17.0 Å². The molecule has 0 fully saturated rings. The summed E-state index contributed by atoms with van der Waals surface area (Å²) < 4.78 is 0. The molecule has 0 bridgehead atoms. The van der Waals surface area contributed by atoms with Crippen LogP contribution in [0.4, 0.5) is 0 Å². The molecule has 0 aliphatic rings. The lowest BCUT2D eigenvalue weighted by atomic mass is 10.2. The minimum Gasteiger partial charge on any atom is -0.396 e. The van der Waals surface area contributed by atoms with Gasteiger partial charge in [0.1, 0.15) is 0 Å². The molecule has 15 heavy (non-hydrogen) atoms. The highest BCUT2D eigenvalue weighted by Gasteiger charge is 2.07.